The van der Waals surface area contributed by atoms with Crippen molar-refractivity contribution in [2.24, 2.45) is 0 Å². The van der Waals surface area contributed by atoms with Crippen molar-refractivity contribution in [2.45, 2.75) is 26.7 Å². The quantitative estimate of drug-likeness (QED) is 0.411. The fourth-order valence-electron chi connectivity index (χ4n) is 4.29. The highest BCUT2D eigenvalue weighted by molar-refractivity contribution is 7.22. The molecule has 1 saturated heterocycles. The molecule has 2 aromatic heterocycles. The Morgan fingerprint density at radius 3 is 2.73 bits per heavy atom. The van der Waals surface area contributed by atoms with Crippen LogP contribution in [0.2, 0.25) is 5.02 Å². The number of amides is 1. The molecule has 0 unspecified atom stereocenters. The lowest BCUT2D eigenvalue weighted by Crippen LogP contribution is -2.36. The van der Waals surface area contributed by atoms with E-state index in [1.54, 1.807) is 11.3 Å². The first-order valence-electron chi connectivity index (χ1n) is 11.2. The maximum Gasteiger partial charge on any atom is 0.227 e. The molecule has 0 aliphatic carbocycles. The fourth-order valence-corrected chi connectivity index (χ4v) is 5.54. The number of hydrogen-bond acceptors (Lipinski definition) is 5. The number of rotatable bonds is 4. The summed E-state index contributed by atoms with van der Waals surface area (Å²) in [5.74, 6) is 0.148. The van der Waals surface area contributed by atoms with Crippen LogP contribution < -0.4 is 4.90 Å². The van der Waals surface area contributed by atoms with Gasteiger partial charge in [-0.3, -0.25) is 4.79 Å². The van der Waals surface area contributed by atoms with Crippen LogP contribution in [0.25, 0.3) is 16.0 Å². The van der Waals surface area contributed by atoms with Gasteiger partial charge in [0, 0.05) is 31.2 Å². The summed E-state index contributed by atoms with van der Waals surface area (Å²) in [5.41, 5.74) is 5.06. The molecule has 1 amide bonds. The van der Waals surface area contributed by atoms with E-state index in [1.807, 2.05) is 46.8 Å². The second kappa shape index (κ2) is 9.15. The zero-order valence-electron chi connectivity index (χ0n) is 18.8. The maximum absolute atomic E-state index is 12.9. The van der Waals surface area contributed by atoms with Crippen molar-refractivity contribution in [1.82, 2.24) is 19.7 Å². The lowest BCUT2D eigenvalue weighted by Gasteiger charge is -2.22. The molecular formula is C25H26ClN5OS. The monoisotopic (exact) mass is 479 g/mol. The first kappa shape index (κ1) is 21.9. The molecule has 170 valence electrons. The molecule has 8 heteroatoms. The van der Waals surface area contributed by atoms with E-state index in [-0.39, 0.29) is 5.91 Å². The van der Waals surface area contributed by atoms with Gasteiger partial charge in [0.05, 0.1) is 22.5 Å². The molecule has 0 radical (unpaired) electrons. The van der Waals surface area contributed by atoms with Crippen LogP contribution in [0.3, 0.4) is 0 Å². The molecule has 1 fully saturated rings. The van der Waals surface area contributed by atoms with E-state index in [2.05, 4.69) is 30.0 Å². The second-order valence-corrected chi connectivity index (χ2v) is 9.93. The number of benzene rings is 2. The Hall–Kier alpha value is -2.90. The highest BCUT2D eigenvalue weighted by Crippen LogP contribution is 2.33. The van der Waals surface area contributed by atoms with E-state index in [4.69, 9.17) is 21.7 Å². The summed E-state index contributed by atoms with van der Waals surface area (Å²) in [6.45, 7) is 7.23. The summed E-state index contributed by atoms with van der Waals surface area (Å²) in [5, 5.41) is 6.39. The zero-order valence-corrected chi connectivity index (χ0v) is 20.4. The van der Waals surface area contributed by atoms with Gasteiger partial charge in [0.25, 0.3) is 0 Å². The van der Waals surface area contributed by atoms with Gasteiger partial charge in [0.1, 0.15) is 0 Å². The zero-order chi connectivity index (χ0) is 22.9. The SMILES string of the molecule is Cc1cccc(-n2nc(C)c3sc(N4CCCN(C(=O)Cc5cccc(Cl)c5)CC4)nc32)c1. The molecular weight excluding hydrogens is 454 g/mol. The Morgan fingerprint density at radius 1 is 1.06 bits per heavy atom. The number of nitrogens with zero attached hydrogens (tertiary/aromatic N) is 5. The molecule has 6 nitrogen and oxygen atoms in total. The van der Waals surface area contributed by atoms with Gasteiger partial charge in [0.15, 0.2) is 10.8 Å². The molecule has 33 heavy (non-hydrogen) atoms. The van der Waals surface area contributed by atoms with Crippen LogP contribution >= 0.6 is 22.9 Å². The smallest absolute Gasteiger partial charge is 0.227 e. The number of thiazole rings is 1. The Bertz CT molecular complexity index is 1310. The molecule has 0 atom stereocenters. The van der Waals surface area contributed by atoms with Crippen molar-refractivity contribution < 1.29 is 4.79 Å². The summed E-state index contributed by atoms with van der Waals surface area (Å²) >= 11 is 7.76. The van der Waals surface area contributed by atoms with Crippen LogP contribution in [0.4, 0.5) is 5.13 Å². The number of carbonyl (C=O) groups excluding carboxylic acids is 1. The van der Waals surface area contributed by atoms with Gasteiger partial charge in [0.2, 0.25) is 5.91 Å². The minimum atomic E-state index is 0.148. The van der Waals surface area contributed by atoms with E-state index in [9.17, 15) is 4.79 Å². The van der Waals surface area contributed by atoms with Crippen LogP contribution in [0.1, 0.15) is 23.2 Å². The van der Waals surface area contributed by atoms with E-state index in [1.165, 1.54) is 5.56 Å². The average Bonchev–Trinajstić information content (AvgIpc) is 3.24. The van der Waals surface area contributed by atoms with Gasteiger partial charge in [-0.05, 0) is 55.7 Å². The van der Waals surface area contributed by atoms with Crippen LogP contribution in [0.5, 0.6) is 0 Å². The third-order valence-electron chi connectivity index (χ3n) is 5.99. The highest BCUT2D eigenvalue weighted by Gasteiger charge is 2.23. The maximum atomic E-state index is 12.9. The van der Waals surface area contributed by atoms with Crippen molar-refractivity contribution >= 4 is 44.3 Å². The minimum Gasteiger partial charge on any atom is -0.346 e. The Morgan fingerprint density at radius 2 is 1.91 bits per heavy atom. The Balaban J connectivity index is 1.32. The van der Waals surface area contributed by atoms with Crippen molar-refractivity contribution in [1.29, 1.82) is 0 Å². The summed E-state index contributed by atoms with van der Waals surface area (Å²) in [4.78, 5) is 22.1. The average molecular weight is 480 g/mol. The summed E-state index contributed by atoms with van der Waals surface area (Å²) in [7, 11) is 0. The van der Waals surface area contributed by atoms with Gasteiger partial charge in [-0.1, -0.05) is 47.2 Å². The number of aromatic nitrogens is 3. The van der Waals surface area contributed by atoms with Gasteiger partial charge in [-0.2, -0.15) is 10.1 Å². The Kier molecular flexibility index (Phi) is 6.08. The molecule has 2 aromatic carbocycles. The molecule has 0 spiro atoms. The normalized spacial score (nSPS) is 14.6. The summed E-state index contributed by atoms with van der Waals surface area (Å²) in [6, 6.07) is 15.9. The highest BCUT2D eigenvalue weighted by atomic mass is 35.5. The Labute approximate surface area is 202 Å². The van der Waals surface area contributed by atoms with Crippen molar-refractivity contribution in [3.63, 3.8) is 0 Å². The van der Waals surface area contributed by atoms with E-state index in [0.717, 1.165) is 58.5 Å². The van der Waals surface area contributed by atoms with Crippen LogP contribution in [-0.4, -0.2) is 51.8 Å². The third-order valence-corrected chi connectivity index (χ3v) is 7.44. The van der Waals surface area contributed by atoms with Gasteiger partial charge < -0.3 is 9.80 Å². The predicted octanol–water partition coefficient (Wildman–Crippen LogP) is 5.03. The second-order valence-electron chi connectivity index (χ2n) is 8.51. The van der Waals surface area contributed by atoms with Crippen molar-refractivity contribution in [3.8, 4) is 5.69 Å². The molecule has 0 saturated carbocycles. The van der Waals surface area contributed by atoms with Crippen LogP contribution in [-0.2, 0) is 11.2 Å². The number of hydrogen-bond donors (Lipinski definition) is 0. The minimum absolute atomic E-state index is 0.148. The largest absolute Gasteiger partial charge is 0.346 e. The predicted molar refractivity (Wildman–Crippen MR) is 135 cm³/mol. The number of aryl methyl sites for hydroxylation is 2. The molecule has 1 aliphatic heterocycles. The molecule has 3 heterocycles. The lowest BCUT2D eigenvalue weighted by atomic mass is 10.1. The number of anilines is 1. The van der Waals surface area contributed by atoms with E-state index < -0.39 is 0 Å². The fraction of sp³-hybridized carbons (Fsp3) is 0.320. The number of halogens is 1. The first-order chi connectivity index (χ1) is 16.0. The molecule has 4 aromatic rings. The molecule has 5 rings (SSSR count). The van der Waals surface area contributed by atoms with E-state index >= 15 is 0 Å². The van der Waals surface area contributed by atoms with E-state index in [0.29, 0.717) is 18.0 Å². The summed E-state index contributed by atoms with van der Waals surface area (Å²) < 4.78 is 3.06. The first-order valence-corrected chi connectivity index (χ1v) is 12.4. The molecule has 0 N–H and O–H groups in total. The summed E-state index contributed by atoms with van der Waals surface area (Å²) in [6.07, 6.45) is 1.30. The van der Waals surface area contributed by atoms with Crippen LogP contribution in [0, 0.1) is 13.8 Å². The van der Waals surface area contributed by atoms with Gasteiger partial charge in [-0.25, -0.2) is 4.68 Å². The number of carbonyl (C=O) groups is 1. The molecule has 1 aliphatic rings. The van der Waals surface area contributed by atoms with Crippen molar-refractivity contribution in [2.75, 3.05) is 31.1 Å². The van der Waals surface area contributed by atoms with Crippen LogP contribution in [0.15, 0.2) is 48.5 Å². The topological polar surface area (TPSA) is 54.3 Å². The van der Waals surface area contributed by atoms with Gasteiger partial charge >= 0.3 is 0 Å². The standard InChI is InChI=1S/C25H26ClN5OS/c1-17-6-3-9-21(14-17)31-24-23(18(2)28-31)33-25(27-24)30-11-5-10-29(12-13-30)22(32)16-19-7-4-8-20(26)15-19/h3-4,6-9,14-15H,5,10-13,16H2,1-2H3. The lowest BCUT2D eigenvalue weighted by molar-refractivity contribution is -0.130. The third kappa shape index (κ3) is 4.61. The van der Waals surface area contributed by atoms with Crippen molar-refractivity contribution in [3.05, 3.63) is 70.4 Å². The van der Waals surface area contributed by atoms with Gasteiger partial charge in [-0.15, -0.1) is 0 Å². The molecule has 0 bridgehead atoms. The number of fused-ring (bicyclic) bond motifs is 1.